The number of hydrogen-bond acceptors (Lipinski definition) is 5. The maximum atomic E-state index is 12.7. The number of carbonyl (C=O) groups is 1. The second-order valence-corrected chi connectivity index (χ2v) is 6.81. The molecule has 0 spiro atoms. The second kappa shape index (κ2) is 8.31. The van der Waals surface area contributed by atoms with Gasteiger partial charge < -0.3 is 19.2 Å². The zero-order valence-corrected chi connectivity index (χ0v) is 15.8. The third-order valence-corrected chi connectivity index (χ3v) is 4.62. The molecule has 0 saturated carbocycles. The molecule has 2 aromatic heterocycles. The van der Waals surface area contributed by atoms with Crippen molar-refractivity contribution in [2.45, 2.75) is 32.4 Å². The topological polar surface area (TPSA) is 78.5 Å². The molecule has 1 aliphatic rings. The van der Waals surface area contributed by atoms with Crippen LogP contribution in [0.1, 0.15) is 34.7 Å². The summed E-state index contributed by atoms with van der Waals surface area (Å²) in [4.78, 5) is 12.7. The quantitative estimate of drug-likeness (QED) is 0.676. The normalized spacial score (nSPS) is 16.2. The highest BCUT2D eigenvalue weighted by Gasteiger charge is 2.17. The Kier molecular flexibility index (Phi) is 5.43. The molecule has 0 aliphatic carbocycles. The van der Waals surface area contributed by atoms with E-state index in [1.165, 1.54) is 0 Å². The molecular weight excluding hydrogens is 358 g/mol. The van der Waals surface area contributed by atoms with Crippen molar-refractivity contribution in [3.05, 3.63) is 65.7 Å². The van der Waals surface area contributed by atoms with Crippen molar-refractivity contribution in [2.75, 3.05) is 18.5 Å². The molecule has 1 saturated heterocycles. The van der Waals surface area contributed by atoms with Crippen LogP contribution < -0.4 is 10.1 Å². The Morgan fingerprint density at radius 3 is 3.04 bits per heavy atom. The van der Waals surface area contributed by atoms with Crippen LogP contribution >= 0.6 is 0 Å². The molecule has 1 aromatic carbocycles. The number of benzene rings is 1. The van der Waals surface area contributed by atoms with E-state index in [1.807, 2.05) is 31.2 Å². The van der Waals surface area contributed by atoms with Crippen molar-refractivity contribution in [3.8, 4) is 5.75 Å². The van der Waals surface area contributed by atoms with Crippen LogP contribution in [0.15, 0.2) is 53.1 Å². The first-order valence-electron chi connectivity index (χ1n) is 9.40. The average molecular weight is 381 g/mol. The van der Waals surface area contributed by atoms with Gasteiger partial charge in [-0.15, -0.1) is 0 Å². The lowest BCUT2D eigenvalue weighted by atomic mass is 10.2. The SMILES string of the molecule is Cc1ccc(Cn2nccc2NC(=O)c2cccc(OC[C@@H]3CCCO3)c2)o1. The molecule has 0 bridgehead atoms. The summed E-state index contributed by atoms with van der Waals surface area (Å²) in [6, 6.07) is 12.7. The van der Waals surface area contributed by atoms with E-state index in [0.717, 1.165) is 31.0 Å². The zero-order chi connectivity index (χ0) is 19.3. The molecule has 1 N–H and O–H groups in total. The number of anilines is 1. The summed E-state index contributed by atoms with van der Waals surface area (Å²) >= 11 is 0. The number of nitrogens with zero attached hydrogens (tertiary/aromatic N) is 2. The van der Waals surface area contributed by atoms with Gasteiger partial charge in [0.15, 0.2) is 0 Å². The van der Waals surface area contributed by atoms with Gasteiger partial charge in [-0.3, -0.25) is 4.79 Å². The van der Waals surface area contributed by atoms with Gasteiger partial charge in [0.2, 0.25) is 0 Å². The smallest absolute Gasteiger partial charge is 0.256 e. The van der Waals surface area contributed by atoms with Crippen LogP contribution in [0.2, 0.25) is 0 Å². The van der Waals surface area contributed by atoms with Crippen LogP contribution in [0.4, 0.5) is 5.82 Å². The summed E-state index contributed by atoms with van der Waals surface area (Å²) in [7, 11) is 0. The minimum absolute atomic E-state index is 0.136. The average Bonchev–Trinajstić information content (AvgIpc) is 3.44. The fourth-order valence-corrected chi connectivity index (χ4v) is 3.16. The fraction of sp³-hybridized carbons (Fsp3) is 0.333. The summed E-state index contributed by atoms with van der Waals surface area (Å²) in [6.45, 7) is 3.63. The number of amides is 1. The van der Waals surface area contributed by atoms with E-state index in [9.17, 15) is 4.79 Å². The van der Waals surface area contributed by atoms with Gasteiger partial charge in [0.25, 0.3) is 5.91 Å². The van der Waals surface area contributed by atoms with E-state index in [-0.39, 0.29) is 12.0 Å². The Morgan fingerprint density at radius 1 is 1.32 bits per heavy atom. The molecule has 3 aromatic rings. The maximum absolute atomic E-state index is 12.7. The number of carbonyl (C=O) groups excluding carboxylic acids is 1. The van der Waals surface area contributed by atoms with Crippen LogP contribution in [-0.4, -0.2) is 35.0 Å². The minimum Gasteiger partial charge on any atom is -0.491 e. The molecule has 0 radical (unpaired) electrons. The first kappa shape index (κ1) is 18.3. The predicted molar refractivity (Wildman–Crippen MR) is 104 cm³/mol. The van der Waals surface area contributed by atoms with E-state index in [4.69, 9.17) is 13.9 Å². The summed E-state index contributed by atoms with van der Waals surface area (Å²) in [5, 5.41) is 7.16. The van der Waals surface area contributed by atoms with Crippen LogP contribution in [0.3, 0.4) is 0 Å². The number of ether oxygens (including phenoxy) is 2. The molecule has 1 aliphatic heterocycles. The maximum Gasteiger partial charge on any atom is 0.256 e. The van der Waals surface area contributed by atoms with E-state index in [0.29, 0.717) is 30.3 Å². The fourth-order valence-electron chi connectivity index (χ4n) is 3.16. The van der Waals surface area contributed by atoms with Gasteiger partial charge in [0.1, 0.15) is 36.2 Å². The van der Waals surface area contributed by atoms with E-state index in [1.54, 1.807) is 29.1 Å². The van der Waals surface area contributed by atoms with Crippen LogP contribution in [0.25, 0.3) is 0 Å². The highest BCUT2D eigenvalue weighted by molar-refractivity contribution is 6.04. The predicted octanol–water partition coefficient (Wildman–Crippen LogP) is 3.64. The van der Waals surface area contributed by atoms with Crippen LogP contribution in [0, 0.1) is 6.92 Å². The van der Waals surface area contributed by atoms with Crippen molar-refractivity contribution in [1.82, 2.24) is 9.78 Å². The molecule has 4 rings (SSSR count). The van der Waals surface area contributed by atoms with Crippen molar-refractivity contribution in [1.29, 1.82) is 0 Å². The Balaban J connectivity index is 1.40. The van der Waals surface area contributed by atoms with Crippen molar-refractivity contribution < 1.29 is 18.7 Å². The summed E-state index contributed by atoms with van der Waals surface area (Å²) in [6.07, 6.45) is 3.87. The Bertz CT molecular complexity index is 941. The summed E-state index contributed by atoms with van der Waals surface area (Å²) < 4.78 is 18.6. The summed E-state index contributed by atoms with van der Waals surface area (Å²) in [5.74, 6) is 2.65. The highest BCUT2D eigenvalue weighted by atomic mass is 16.5. The molecule has 3 heterocycles. The molecule has 1 atom stereocenters. The van der Waals surface area contributed by atoms with E-state index >= 15 is 0 Å². The zero-order valence-electron chi connectivity index (χ0n) is 15.8. The van der Waals surface area contributed by atoms with Gasteiger partial charge >= 0.3 is 0 Å². The number of rotatable bonds is 7. The second-order valence-electron chi connectivity index (χ2n) is 6.81. The van der Waals surface area contributed by atoms with Crippen LogP contribution in [-0.2, 0) is 11.3 Å². The Hall–Kier alpha value is -3.06. The van der Waals surface area contributed by atoms with Gasteiger partial charge in [-0.2, -0.15) is 5.10 Å². The number of aryl methyl sites for hydroxylation is 1. The number of furan rings is 1. The third-order valence-electron chi connectivity index (χ3n) is 4.62. The first-order valence-corrected chi connectivity index (χ1v) is 9.40. The van der Waals surface area contributed by atoms with E-state index in [2.05, 4.69) is 10.4 Å². The lowest BCUT2D eigenvalue weighted by Gasteiger charge is -2.12. The lowest BCUT2D eigenvalue weighted by Crippen LogP contribution is -2.17. The largest absolute Gasteiger partial charge is 0.491 e. The number of hydrogen-bond donors (Lipinski definition) is 1. The summed E-state index contributed by atoms with van der Waals surface area (Å²) in [5.41, 5.74) is 0.520. The van der Waals surface area contributed by atoms with Gasteiger partial charge in [-0.05, 0) is 50.1 Å². The van der Waals surface area contributed by atoms with Gasteiger partial charge in [0.05, 0.1) is 12.3 Å². The first-order chi connectivity index (χ1) is 13.7. The molecule has 1 amide bonds. The molecular formula is C21H23N3O4. The lowest BCUT2D eigenvalue weighted by molar-refractivity contribution is 0.0679. The monoisotopic (exact) mass is 381 g/mol. The van der Waals surface area contributed by atoms with E-state index < -0.39 is 0 Å². The number of aromatic nitrogens is 2. The Labute approximate surface area is 163 Å². The van der Waals surface area contributed by atoms with Crippen molar-refractivity contribution in [2.24, 2.45) is 0 Å². The standard InChI is InChI=1S/C21H23N3O4/c1-15-7-8-18(28-15)13-24-20(9-10-22-24)23-21(25)16-4-2-5-17(12-16)27-14-19-6-3-11-26-19/h2,4-5,7-10,12,19H,3,6,11,13-14H2,1H3,(H,23,25)/t19-/m0/s1. The van der Waals surface area contributed by atoms with Crippen molar-refractivity contribution >= 4 is 11.7 Å². The van der Waals surface area contributed by atoms with Gasteiger partial charge in [-0.1, -0.05) is 6.07 Å². The van der Waals surface area contributed by atoms with Crippen LogP contribution in [0.5, 0.6) is 5.75 Å². The molecule has 28 heavy (non-hydrogen) atoms. The third kappa shape index (κ3) is 4.43. The molecule has 1 fully saturated rings. The molecule has 0 unspecified atom stereocenters. The molecule has 7 nitrogen and oxygen atoms in total. The van der Waals surface area contributed by atoms with Gasteiger partial charge in [0, 0.05) is 18.2 Å². The van der Waals surface area contributed by atoms with Gasteiger partial charge in [-0.25, -0.2) is 4.68 Å². The molecule has 7 heteroatoms. The van der Waals surface area contributed by atoms with Crippen molar-refractivity contribution in [3.63, 3.8) is 0 Å². The molecule has 146 valence electrons. The highest BCUT2D eigenvalue weighted by Crippen LogP contribution is 2.19. The number of nitrogens with one attached hydrogen (secondary N) is 1. The minimum atomic E-state index is -0.222. The Morgan fingerprint density at radius 2 is 2.25 bits per heavy atom.